The van der Waals surface area contributed by atoms with E-state index in [2.05, 4.69) is 5.32 Å². The lowest BCUT2D eigenvalue weighted by Gasteiger charge is -2.20. The van der Waals surface area contributed by atoms with Gasteiger partial charge >= 0.3 is 12.2 Å². The summed E-state index contributed by atoms with van der Waals surface area (Å²) in [6.07, 6.45) is -1.20. The Kier molecular flexibility index (Phi) is 6.33. The molecule has 0 aliphatic heterocycles. The van der Waals surface area contributed by atoms with Crippen molar-refractivity contribution in [2.45, 2.75) is 13.8 Å². The topological polar surface area (TPSA) is 67.9 Å². The van der Waals surface area contributed by atoms with E-state index >= 15 is 0 Å². The van der Waals surface area contributed by atoms with Crippen LogP contribution < -0.4 is 15.0 Å². The Morgan fingerprint density at radius 3 is 2.48 bits per heavy atom. The first-order valence-corrected chi connectivity index (χ1v) is 7.82. The van der Waals surface area contributed by atoms with Gasteiger partial charge in [0.05, 0.1) is 6.61 Å². The van der Waals surface area contributed by atoms with Gasteiger partial charge in [0.2, 0.25) is 0 Å². The van der Waals surface area contributed by atoms with Crippen LogP contribution in [0.15, 0.2) is 48.5 Å². The summed E-state index contributed by atoms with van der Waals surface area (Å²) in [5, 5.41) is 2.53. The van der Waals surface area contributed by atoms with Crippen LogP contribution in [0.1, 0.15) is 13.8 Å². The number of carbonyl (C=O) groups is 2. The minimum Gasteiger partial charge on any atom is -0.450 e. The number of nitrogens with zero attached hydrogens (tertiary/aromatic N) is 1. The van der Waals surface area contributed by atoms with Crippen LogP contribution in [0, 0.1) is 5.82 Å². The monoisotopic (exact) mass is 346 g/mol. The lowest BCUT2D eigenvalue weighted by Crippen LogP contribution is -2.33. The number of halogens is 1. The van der Waals surface area contributed by atoms with Crippen molar-refractivity contribution in [3.63, 3.8) is 0 Å². The first kappa shape index (κ1) is 18.3. The minimum absolute atomic E-state index is 0.254. The third-order valence-corrected chi connectivity index (χ3v) is 3.24. The molecule has 2 amide bonds. The maximum Gasteiger partial charge on any atom is 0.419 e. The van der Waals surface area contributed by atoms with Gasteiger partial charge < -0.3 is 9.47 Å². The van der Waals surface area contributed by atoms with E-state index in [1.54, 1.807) is 32.0 Å². The molecule has 0 spiro atoms. The van der Waals surface area contributed by atoms with Crippen LogP contribution in [-0.4, -0.2) is 25.3 Å². The molecule has 0 unspecified atom stereocenters. The average Bonchev–Trinajstić information content (AvgIpc) is 2.57. The number of benzene rings is 2. The van der Waals surface area contributed by atoms with Gasteiger partial charge in [-0.3, -0.25) is 10.2 Å². The number of anilines is 2. The number of ether oxygens (including phenoxy) is 2. The number of hydrogen-bond acceptors (Lipinski definition) is 4. The first-order valence-electron chi connectivity index (χ1n) is 7.82. The molecule has 6 nitrogen and oxygen atoms in total. The second-order valence-corrected chi connectivity index (χ2v) is 4.96. The summed E-state index contributed by atoms with van der Waals surface area (Å²) < 4.78 is 23.2. The number of amides is 2. The fourth-order valence-corrected chi connectivity index (χ4v) is 2.12. The summed E-state index contributed by atoms with van der Waals surface area (Å²) in [5.74, 6) is -0.120. The molecule has 2 aromatic rings. The molecule has 132 valence electrons. The summed E-state index contributed by atoms with van der Waals surface area (Å²) in [4.78, 5) is 25.2. The second kappa shape index (κ2) is 8.68. The molecule has 25 heavy (non-hydrogen) atoms. The van der Waals surface area contributed by atoms with Crippen molar-refractivity contribution >= 4 is 23.6 Å². The molecule has 2 rings (SSSR count). The summed E-state index contributed by atoms with van der Waals surface area (Å²) in [5.41, 5.74) is 0.961. The van der Waals surface area contributed by atoms with Gasteiger partial charge in [0.25, 0.3) is 0 Å². The highest BCUT2D eigenvalue weighted by atomic mass is 19.1. The van der Waals surface area contributed by atoms with Gasteiger partial charge in [-0.2, -0.15) is 0 Å². The van der Waals surface area contributed by atoms with E-state index in [4.69, 9.17) is 9.47 Å². The molecule has 7 heteroatoms. The molecule has 0 heterocycles. The van der Waals surface area contributed by atoms with Gasteiger partial charge in [-0.15, -0.1) is 0 Å². The molecular formula is C18H19FN2O4. The van der Waals surface area contributed by atoms with Gasteiger partial charge in [0.15, 0.2) is 0 Å². The van der Waals surface area contributed by atoms with Crippen molar-refractivity contribution in [2.24, 2.45) is 0 Å². The van der Waals surface area contributed by atoms with Gasteiger partial charge in [0, 0.05) is 24.0 Å². The summed E-state index contributed by atoms with van der Waals surface area (Å²) >= 11 is 0. The Morgan fingerprint density at radius 2 is 1.84 bits per heavy atom. The Balaban J connectivity index is 2.08. The van der Waals surface area contributed by atoms with Crippen molar-refractivity contribution in [3.8, 4) is 5.75 Å². The molecule has 2 aromatic carbocycles. The van der Waals surface area contributed by atoms with E-state index in [1.807, 2.05) is 0 Å². The van der Waals surface area contributed by atoms with E-state index in [9.17, 15) is 14.0 Å². The fourth-order valence-electron chi connectivity index (χ4n) is 2.12. The Labute approximate surface area is 145 Å². The highest BCUT2D eigenvalue weighted by Gasteiger charge is 2.16. The van der Waals surface area contributed by atoms with Crippen LogP contribution in [0.4, 0.5) is 25.4 Å². The van der Waals surface area contributed by atoms with Crippen LogP contribution >= 0.6 is 0 Å². The van der Waals surface area contributed by atoms with E-state index in [0.717, 1.165) is 0 Å². The van der Waals surface area contributed by atoms with E-state index in [0.29, 0.717) is 17.9 Å². The molecule has 0 saturated carbocycles. The summed E-state index contributed by atoms with van der Waals surface area (Å²) in [7, 11) is 0. The minimum atomic E-state index is -0.609. The number of nitrogens with one attached hydrogen (secondary N) is 1. The van der Waals surface area contributed by atoms with Crippen molar-refractivity contribution in [2.75, 3.05) is 23.4 Å². The summed E-state index contributed by atoms with van der Waals surface area (Å²) in [6, 6.07) is 11.9. The smallest absolute Gasteiger partial charge is 0.419 e. The second-order valence-electron chi connectivity index (χ2n) is 4.96. The number of rotatable bonds is 5. The van der Waals surface area contributed by atoms with Crippen molar-refractivity contribution < 1.29 is 23.5 Å². The fraction of sp³-hybridized carbons (Fsp3) is 0.222. The largest absolute Gasteiger partial charge is 0.450 e. The van der Waals surface area contributed by atoms with E-state index in [-0.39, 0.29) is 18.2 Å². The van der Waals surface area contributed by atoms with Crippen molar-refractivity contribution in [1.29, 1.82) is 0 Å². The molecule has 0 fully saturated rings. The number of hydrogen-bond donors (Lipinski definition) is 1. The van der Waals surface area contributed by atoms with E-state index < -0.39 is 12.2 Å². The lowest BCUT2D eigenvalue weighted by molar-refractivity contribution is 0.168. The normalized spacial score (nSPS) is 10.0. The van der Waals surface area contributed by atoms with Gasteiger partial charge in [-0.05, 0) is 50.2 Å². The van der Waals surface area contributed by atoms with Crippen LogP contribution in [0.5, 0.6) is 5.75 Å². The Bertz CT molecular complexity index is 734. The molecule has 0 aromatic heterocycles. The van der Waals surface area contributed by atoms with Crippen LogP contribution in [0.25, 0.3) is 0 Å². The zero-order chi connectivity index (χ0) is 18.2. The van der Waals surface area contributed by atoms with Gasteiger partial charge in [-0.25, -0.2) is 14.0 Å². The van der Waals surface area contributed by atoms with Crippen LogP contribution in [0.3, 0.4) is 0 Å². The zero-order valence-electron chi connectivity index (χ0n) is 14.0. The maximum atomic E-state index is 13.0. The maximum absolute atomic E-state index is 13.0. The zero-order valence-corrected chi connectivity index (χ0v) is 14.0. The third-order valence-electron chi connectivity index (χ3n) is 3.24. The van der Waals surface area contributed by atoms with Crippen molar-refractivity contribution in [3.05, 3.63) is 54.3 Å². The van der Waals surface area contributed by atoms with E-state index in [1.165, 1.54) is 35.2 Å². The quantitative estimate of drug-likeness (QED) is 0.870. The average molecular weight is 346 g/mol. The SMILES string of the molecule is CCOC(=O)Nc1cccc(OC(=O)N(CC)c2ccc(F)cc2)c1. The van der Waals surface area contributed by atoms with Crippen LogP contribution in [-0.2, 0) is 4.74 Å². The lowest BCUT2D eigenvalue weighted by atomic mass is 10.3. The Morgan fingerprint density at radius 1 is 1.12 bits per heavy atom. The molecule has 1 N–H and O–H groups in total. The first-order chi connectivity index (χ1) is 12.0. The van der Waals surface area contributed by atoms with Gasteiger partial charge in [0.1, 0.15) is 11.6 Å². The molecule has 0 radical (unpaired) electrons. The molecule has 0 saturated heterocycles. The number of carbonyl (C=O) groups excluding carboxylic acids is 2. The van der Waals surface area contributed by atoms with Crippen molar-refractivity contribution in [1.82, 2.24) is 0 Å². The molecule has 0 atom stereocenters. The van der Waals surface area contributed by atoms with Gasteiger partial charge in [-0.1, -0.05) is 6.07 Å². The Hall–Kier alpha value is -3.09. The molecule has 0 aliphatic rings. The molecule has 0 aliphatic carbocycles. The molecular weight excluding hydrogens is 327 g/mol. The standard InChI is InChI=1S/C18H19FN2O4/c1-3-21(15-10-8-13(19)9-11-15)18(23)25-16-7-5-6-14(12-16)20-17(22)24-4-2/h5-12H,3-4H2,1-2H3,(H,20,22). The van der Waals surface area contributed by atoms with Crippen LogP contribution in [0.2, 0.25) is 0 Å². The highest BCUT2D eigenvalue weighted by Crippen LogP contribution is 2.21. The predicted molar refractivity (Wildman–Crippen MR) is 92.5 cm³/mol. The predicted octanol–water partition coefficient (Wildman–Crippen LogP) is 4.42. The highest BCUT2D eigenvalue weighted by molar-refractivity contribution is 5.89. The third kappa shape index (κ3) is 5.20. The molecule has 0 bridgehead atoms. The summed E-state index contributed by atoms with van der Waals surface area (Å²) in [6.45, 7) is 4.09.